The van der Waals surface area contributed by atoms with Gasteiger partial charge in [-0.25, -0.2) is 4.79 Å². The van der Waals surface area contributed by atoms with Crippen LogP contribution in [0.4, 0.5) is 4.79 Å². The van der Waals surface area contributed by atoms with Crippen molar-refractivity contribution in [3.05, 3.63) is 0 Å². The molecule has 92 valence electrons. The molecule has 0 unspecified atom stereocenters. The summed E-state index contributed by atoms with van der Waals surface area (Å²) in [5, 5.41) is 2.87. The summed E-state index contributed by atoms with van der Waals surface area (Å²) in [7, 11) is 1.77. The molecule has 0 atom stereocenters. The molecule has 5 nitrogen and oxygen atoms in total. The van der Waals surface area contributed by atoms with Gasteiger partial charge in [0.15, 0.2) is 0 Å². The lowest BCUT2D eigenvalue weighted by atomic mass is 10.1. The van der Waals surface area contributed by atoms with Gasteiger partial charge in [0.2, 0.25) is 5.91 Å². The average molecular weight is 227 g/mol. The van der Waals surface area contributed by atoms with Crippen LogP contribution in [0.2, 0.25) is 0 Å². The smallest absolute Gasteiger partial charge is 0.318 e. The maximum Gasteiger partial charge on any atom is 0.318 e. The number of carbonyl (C=O) groups is 2. The Morgan fingerprint density at radius 1 is 1.31 bits per heavy atom. The van der Waals surface area contributed by atoms with Crippen LogP contribution in [0.25, 0.3) is 0 Å². The van der Waals surface area contributed by atoms with Crippen LogP contribution >= 0.6 is 0 Å². The van der Waals surface area contributed by atoms with Gasteiger partial charge in [-0.2, -0.15) is 0 Å². The number of likely N-dealkylation sites (N-methyl/N-ethyl adjacent to an activating group) is 1. The molecule has 1 heterocycles. The third-order valence-electron chi connectivity index (χ3n) is 2.44. The molecular weight excluding hydrogens is 206 g/mol. The van der Waals surface area contributed by atoms with Crippen molar-refractivity contribution in [1.82, 2.24) is 15.1 Å². The first-order valence-corrected chi connectivity index (χ1v) is 5.60. The van der Waals surface area contributed by atoms with Gasteiger partial charge in [-0.05, 0) is 27.2 Å². The fraction of sp³-hybridized carbons (Fsp3) is 0.818. The van der Waals surface area contributed by atoms with Crippen molar-refractivity contribution < 1.29 is 9.59 Å². The lowest BCUT2D eigenvalue weighted by Gasteiger charge is -2.26. The van der Waals surface area contributed by atoms with Crippen LogP contribution < -0.4 is 5.32 Å². The first-order valence-electron chi connectivity index (χ1n) is 5.60. The summed E-state index contributed by atoms with van der Waals surface area (Å²) in [5.41, 5.74) is -0.266. The molecular formula is C11H21N3O2. The molecule has 0 aromatic rings. The van der Waals surface area contributed by atoms with Gasteiger partial charge in [0.1, 0.15) is 6.54 Å². The molecule has 0 aromatic carbocycles. The van der Waals surface area contributed by atoms with Crippen LogP contribution in [-0.2, 0) is 4.79 Å². The summed E-state index contributed by atoms with van der Waals surface area (Å²) in [5.74, 6) is 0.00144. The highest BCUT2D eigenvalue weighted by molar-refractivity contribution is 5.84. The summed E-state index contributed by atoms with van der Waals surface area (Å²) in [4.78, 5) is 26.7. The monoisotopic (exact) mass is 227 g/mol. The summed E-state index contributed by atoms with van der Waals surface area (Å²) in [6, 6.07) is -0.156. The zero-order valence-electron chi connectivity index (χ0n) is 10.5. The fourth-order valence-corrected chi connectivity index (χ4v) is 1.56. The van der Waals surface area contributed by atoms with E-state index in [0.29, 0.717) is 6.54 Å². The van der Waals surface area contributed by atoms with E-state index in [4.69, 9.17) is 0 Å². The van der Waals surface area contributed by atoms with Crippen molar-refractivity contribution in [3.63, 3.8) is 0 Å². The van der Waals surface area contributed by atoms with E-state index < -0.39 is 0 Å². The van der Waals surface area contributed by atoms with Crippen molar-refractivity contribution in [3.8, 4) is 0 Å². The topological polar surface area (TPSA) is 52.6 Å². The van der Waals surface area contributed by atoms with E-state index in [1.54, 1.807) is 16.8 Å². The van der Waals surface area contributed by atoms with Gasteiger partial charge in [-0.15, -0.1) is 0 Å². The van der Waals surface area contributed by atoms with Crippen LogP contribution in [-0.4, -0.2) is 54.0 Å². The summed E-state index contributed by atoms with van der Waals surface area (Å²) in [6.45, 7) is 7.32. The lowest BCUT2D eigenvalue weighted by molar-refractivity contribution is -0.129. The molecule has 16 heavy (non-hydrogen) atoms. The molecule has 0 radical (unpaired) electrons. The van der Waals surface area contributed by atoms with Gasteiger partial charge in [0.05, 0.1) is 0 Å². The second kappa shape index (κ2) is 4.72. The van der Waals surface area contributed by atoms with Crippen LogP contribution in [0.5, 0.6) is 0 Å². The molecule has 0 bridgehead atoms. The van der Waals surface area contributed by atoms with Gasteiger partial charge in [0, 0.05) is 25.7 Å². The average Bonchev–Trinajstić information content (AvgIpc) is 2.27. The zero-order chi connectivity index (χ0) is 12.3. The molecule has 0 spiro atoms. The number of rotatable bonds is 0. The molecule has 1 N–H and O–H groups in total. The number of amides is 3. The number of urea groups is 1. The first-order chi connectivity index (χ1) is 7.29. The van der Waals surface area contributed by atoms with Crippen LogP contribution in [0.15, 0.2) is 0 Å². The van der Waals surface area contributed by atoms with Crippen LogP contribution in [0.3, 0.4) is 0 Å². The minimum Gasteiger partial charge on any atom is -0.344 e. The van der Waals surface area contributed by atoms with Crippen molar-refractivity contribution in [2.75, 3.05) is 26.7 Å². The summed E-state index contributed by atoms with van der Waals surface area (Å²) >= 11 is 0. The second-order valence-corrected chi connectivity index (χ2v) is 5.27. The maximum absolute atomic E-state index is 11.9. The Kier molecular flexibility index (Phi) is 3.78. The Hall–Kier alpha value is -1.26. The Labute approximate surface area is 96.8 Å². The van der Waals surface area contributed by atoms with E-state index in [1.807, 2.05) is 20.8 Å². The molecule has 0 saturated carbocycles. The Morgan fingerprint density at radius 3 is 2.50 bits per heavy atom. The molecule has 5 heteroatoms. The van der Waals surface area contributed by atoms with E-state index in [9.17, 15) is 9.59 Å². The highest BCUT2D eigenvalue weighted by Gasteiger charge is 2.25. The molecule has 0 aromatic heterocycles. The predicted molar refractivity (Wildman–Crippen MR) is 62.1 cm³/mol. The van der Waals surface area contributed by atoms with Crippen LogP contribution in [0.1, 0.15) is 27.2 Å². The minimum absolute atomic E-state index is 0.00144. The number of carbonyl (C=O) groups excluding carboxylic acids is 2. The van der Waals surface area contributed by atoms with Crippen molar-refractivity contribution in [2.24, 2.45) is 0 Å². The number of nitrogens with zero attached hydrogens (tertiary/aromatic N) is 2. The van der Waals surface area contributed by atoms with Gasteiger partial charge in [-0.1, -0.05) is 0 Å². The summed E-state index contributed by atoms with van der Waals surface area (Å²) in [6.07, 6.45) is 0.833. The molecule has 1 aliphatic rings. The molecule has 1 fully saturated rings. The largest absolute Gasteiger partial charge is 0.344 e. The number of hydrogen-bond donors (Lipinski definition) is 1. The van der Waals surface area contributed by atoms with Gasteiger partial charge < -0.3 is 15.1 Å². The summed E-state index contributed by atoms with van der Waals surface area (Å²) < 4.78 is 0. The van der Waals surface area contributed by atoms with Gasteiger partial charge >= 0.3 is 6.03 Å². The first kappa shape index (κ1) is 12.8. The predicted octanol–water partition coefficient (Wildman–Crippen LogP) is 0.659. The highest BCUT2D eigenvalue weighted by atomic mass is 16.2. The van der Waals surface area contributed by atoms with E-state index in [0.717, 1.165) is 13.0 Å². The Balaban J connectivity index is 2.59. The Bertz CT molecular complexity index is 283. The standard InChI is InChI=1S/C11H21N3O2/c1-11(2,3)12-10(16)14-7-5-6-13(4)9(15)8-14/h5-8H2,1-4H3,(H,12,16). The van der Waals surface area contributed by atoms with Crippen LogP contribution in [0, 0.1) is 0 Å². The van der Waals surface area contributed by atoms with Crippen molar-refractivity contribution >= 4 is 11.9 Å². The normalized spacial score (nSPS) is 18.4. The van der Waals surface area contributed by atoms with E-state index in [1.165, 1.54) is 0 Å². The van der Waals surface area contributed by atoms with Crippen molar-refractivity contribution in [2.45, 2.75) is 32.7 Å². The molecule has 1 rings (SSSR count). The van der Waals surface area contributed by atoms with E-state index in [-0.39, 0.29) is 24.0 Å². The SMILES string of the molecule is CN1CCCN(C(=O)NC(C)(C)C)CC1=O. The zero-order valence-corrected chi connectivity index (χ0v) is 10.5. The number of nitrogens with one attached hydrogen (secondary N) is 1. The van der Waals surface area contributed by atoms with Gasteiger partial charge in [-0.3, -0.25) is 4.79 Å². The van der Waals surface area contributed by atoms with Gasteiger partial charge in [0.25, 0.3) is 0 Å². The third-order valence-corrected chi connectivity index (χ3v) is 2.44. The van der Waals surface area contributed by atoms with E-state index in [2.05, 4.69) is 5.32 Å². The fourth-order valence-electron chi connectivity index (χ4n) is 1.56. The molecule has 3 amide bonds. The highest BCUT2D eigenvalue weighted by Crippen LogP contribution is 2.05. The minimum atomic E-state index is -0.266. The molecule has 1 saturated heterocycles. The Morgan fingerprint density at radius 2 is 1.94 bits per heavy atom. The third kappa shape index (κ3) is 3.72. The lowest BCUT2D eigenvalue weighted by Crippen LogP contribution is -2.50. The number of hydrogen-bond acceptors (Lipinski definition) is 2. The molecule has 1 aliphatic heterocycles. The van der Waals surface area contributed by atoms with E-state index >= 15 is 0 Å². The maximum atomic E-state index is 11.9. The molecule has 0 aliphatic carbocycles. The second-order valence-electron chi connectivity index (χ2n) is 5.27. The van der Waals surface area contributed by atoms with Crippen molar-refractivity contribution in [1.29, 1.82) is 0 Å². The quantitative estimate of drug-likeness (QED) is 0.661.